The Balaban J connectivity index is 1.39. The van der Waals surface area contributed by atoms with Gasteiger partial charge in [0.1, 0.15) is 10.8 Å². The van der Waals surface area contributed by atoms with E-state index in [0.29, 0.717) is 17.6 Å². The molecule has 1 atom stereocenters. The molecule has 0 radical (unpaired) electrons. The van der Waals surface area contributed by atoms with E-state index in [1.807, 2.05) is 31.2 Å². The Bertz CT molecular complexity index is 1430. The molecule has 210 valence electrons. The molecule has 5 rings (SSSR count). The Hall–Kier alpha value is -3.96. The van der Waals surface area contributed by atoms with Gasteiger partial charge in [-0.1, -0.05) is 24.3 Å². The van der Waals surface area contributed by atoms with Gasteiger partial charge in [0.15, 0.2) is 0 Å². The van der Waals surface area contributed by atoms with E-state index in [1.54, 1.807) is 32.4 Å². The zero-order chi connectivity index (χ0) is 28.3. The van der Waals surface area contributed by atoms with Crippen molar-refractivity contribution in [3.63, 3.8) is 0 Å². The van der Waals surface area contributed by atoms with E-state index in [9.17, 15) is 14.9 Å². The van der Waals surface area contributed by atoms with E-state index in [4.69, 9.17) is 13.8 Å². The third-order valence-electron chi connectivity index (χ3n) is 7.74. The summed E-state index contributed by atoms with van der Waals surface area (Å²) in [5.41, 5.74) is 2.91. The Morgan fingerprint density at radius 2 is 1.95 bits per heavy atom. The molecule has 1 N–H and O–H groups in total. The van der Waals surface area contributed by atoms with Crippen LogP contribution in [0.25, 0.3) is 0 Å². The summed E-state index contributed by atoms with van der Waals surface area (Å²) in [5, 5.41) is 15.7. The third-order valence-corrected chi connectivity index (χ3v) is 8.56. The summed E-state index contributed by atoms with van der Waals surface area (Å²) in [6, 6.07) is 14.6. The molecular weight excluding hydrogens is 530 g/mol. The standard InChI is InChI=1S/C29H33N5O5S/c1-4-39-28(35)22-19-30-27-26(29(22,2)20-8-7-9-21(18-20)34(36)37)23(31-40-27)12-13-32-14-16-33(17-15-32)24-10-5-6-11-25(24)38-3/h5-11,18-19,30H,4,12-17H2,1-3H3. The normalized spacial score (nSPS) is 18.9. The van der Waals surface area contributed by atoms with Crippen LogP contribution in [0.4, 0.5) is 16.4 Å². The Labute approximate surface area is 237 Å². The fourth-order valence-electron chi connectivity index (χ4n) is 5.59. The second kappa shape index (κ2) is 11.6. The number of nitro benzene ring substituents is 1. The van der Waals surface area contributed by atoms with E-state index in [-0.39, 0.29) is 12.3 Å². The van der Waals surface area contributed by atoms with E-state index in [0.717, 1.165) is 60.4 Å². The largest absolute Gasteiger partial charge is 0.495 e. The summed E-state index contributed by atoms with van der Waals surface area (Å²) in [5.74, 6) is 0.419. The first kappa shape index (κ1) is 27.6. The van der Waals surface area contributed by atoms with Crippen molar-refractivity contribution in [2.45, 2.75) is 25.7 Å². The van der Waals surface area contributed by atoms with Gasteiger partial charge in [0.05, 0.1) is 41.0 Å². The minimum atomic E-state index is -0.969. The molecule has 0 saturated carbocycles. The number of nitro groups is 1. The number of benzene rings is 2. The molecule has 0 bridgehead atoms. The number of carbonyl (C=O) groups excluding carboxylic acids is 1. The molecule has 3 aromatic rings. The maximum atomic E-state index is 13.1. The molecule has 2 aliphatic rings. The summed E-state index contributed by atoms with van der Waals surface area (Å²) in [6.45, 7) is 8.30. The Morgan fingerprint density at radius 3 is 2.67 bits per heavy atom. The minimum Gasteiger partial charge on any atom is -0.495 e. The summed E-state index contributed by atoms with van der Waals surface area (Å²) < 4.78 is 15.7. The van der Waals surface area contributed by atoms with Gasteiger partial charge in [-0.05, 0) is 43.1 Å². The van der Waals surface area contributed by atoms with Gasteiger partial charge in [0.25, 0.3) is 5.69 Å². The zero-order valence-electron chi connectivity index (χ0n) is 22.9. The van der Waals surface area contributed by atoms with Crippen LogP contribution in [-0.4, -0.2) is 66.6 Å². The topological polar surface area (TPSA) is 110 Å². The van der Waals surface area contributed by atoms with Crippen LogP contribution in [0.1, 0.15) is 30.7 Å². The van der Waals surface area contributed by atoms with E-state index in [1.165, 1.54) is 17.6 Å². The van der Waals surface area contributed by atoms with Crippen molar-refractivity contribution in [3.8, 4) is 5.75 Å². The molecule has 2 aromatic carbocycles. The second-order valence-electron chi connectivity index (χ2n) is 9.94. The Morgan fingerprint density at radius 1 is 1.18 bits per heavy atom. The summed E-state index contributed by atoms with van der Waals surface area (Å²) in [7, 11) is 1.70. The number of rotatable bonds is 9. The van der Waals surface area contributed by atoms with Crippen LogP contribution in [-0.2, 0) is 21.4 Å². The first-order valence-electron chi connectivity index (χ1n) is 13.3. The SMILES string of the molecule is CCOC(=O)C1=CNc2snc(CCN3CCN(c4ccccc4OC)CC3)c2C1(C)c1cccc([N+](=O)[O-])c1. The van der Waals surface area contributed by atoms with Crippen LogP contribution in [0.5, 0.6) is 5.75 Å². The highest BCUT2D eigenvalue weighted by Crippen LogP contribution is 2.49. The van der Waals surface area contributed by atoms with Crippen LogP contribution >= 0.6 is 11.5 Å². The van der Waals surface area contributed by atoms with Crippen molar-refractivity contribution in [1.82, 2.24) is 9.27 Å². The molecule has 11 heteroatoms. The first-order chi connectivity index (χ1) is 19.4. The van der Waals surface area contributed by atoms with E-state index in [2.05, 4.69) is 21.2 Å². The molecule has 1 aromatic heterocycles. The average molecular weight is 564 g/mol. The number of ether oxygens (including phenoxy) is 2. The van der Waals surface area contributed by atoms with Crippen LogP contribution in [0.3, 0.4) is 0 Å². The minimum absolute atomic E-state index is 0.0281. The van der Waals surface area contributed by atoms with Crippen molar-refractivity contribution >= 4 is 33.9 Å². The van der Waals surface area contributed by atoms with Gasteiger partial charge in [-0.2, -0.15) is 4.37 Å². The smallest absolute Gasteiger partial charge is 0.336 e. The number of nitrogens with one attached hydrogen (secondary N) is 1. The molecule has 3 heterocycles. The number of anilines is 2. The van der Waals surface area contributed by atoms with Crippen molar-refractivity contribution in [2.75, 3.05) is 56.7 Å². The number of hydrogen-bond acceptors (Lipinski definition) is 10. The molecule has 0 amide bonds. The lowest BCUT2D eigenvalue weighted by Crippen LogP contribution is -2.47. The number of aromatic nitrogens is 1. The molecule has 0 spiro atoms. The zero-order valence-corrected chi connectivity index (χ0v) is 23.7. The number of non-ortho nitro benzene ring substituents is 1. The highest BCUT2D eigenvalue weighted by Gasteiger charge is 2.45. The highest BCUT2D eigenvalue weighted by atomic mass is 32.1. The van der Waals surface area contributed by atoms with Gasteiger partial charge >= 0.3 is 5.97 Å². The van der Waals surface area contributed by atoms with E-state index < -0.39 is 16.3 Å². The van der Waals surface area contributed by atoms with Crippen LogP contribution in [0.2, 0.25) is 0 Å². The number of esters is 1. The average Bonchev–Trinajstić information content (AvgIpc) is 3.41. The lowest BCUT2D eigenvalue weighted by molar-refractivity contribution is -0.384. The monoisotopic (exact) mass is 563 g/mol. The Kier molecular flexibility index (Phi) is 8.04. The van der Waals surface area contributed by atoms with Gasteiger partial charge in [0.2, 0.25) is 0 Å². The van der Waals surface area contributed by atoms with Crippen molar-refractivity contribution in [3.05, 3.63) is 87.2 Å². The van der Waals surface area contributed by atoms with Gasteiger partial charge in [-0.25, -0.2) is 4.79 Å². The maximum Gasteiger partial charge on any atom is 0.336 e. The van der Waals surface area contributed by atoms with Gasteiger partial charge in [-0.3, -0.25) is 15.0 Å². The quantitative estimate of drug-likeness (QED) is 0.227. The molecule has 1 unspecified atom stereocenters. The second-order valence-corrected chi connectivity index (χ2v) is 10.7. The van der Waals surface area contributed by atoms with Crippen LogP contribution in [0.15, 0.2) is 60.3 Å². The first-order valence-corrected chi connectivity index (χ1v) is 14.1. The number of fused-ring (bicyclic) bond motifs is 1. The van der Waals surface area contributed by atoms with E-state index >= 15 is 0 Å². The number of piperazine rings is 1. The number of carbonyl (C=O) groups is 1. The highest BCUT2D eigenvalue weighted by molar-refractivity contribution is 7.10. The summed E-state index contributed by atoms with van der Waals surface area (Å²) in [4.78, 5) is 29.1. The fourth-order valence-corrected chi connectivity index (χ4v) is 6.50. The summed E-state index contributed by atoms with van der Waals surface area (Å²) in [6.07, 6.45) is 2.33. The molecule has 40 heavy (non-hydrogen) atoms. The molecular formula is C29H33N5O5S. The lowest BCUT2D eigenvalue weighted by atomic mass is 9.69. The van der Waals surface area contributed by atoms with Crippen LogP contribution < -0.4 is 15.0 Å². The number of methoxy groups -OCH3 is 1. The predicted molar refractivity (Wildman–Crippen MR) is 155 cm³/mol. The molecule has 0 aliphatic carbocycles. The van der Waals surface area contributed by atoms with Crippen LogP contribution in [0, 0.1) is 10.1 Å². The summed E-state index contributed by atoms with van der Waals surface area (Å²) >= 11 is 1.34. The molecule has 10 nitrogen and oxygen atoms in total. The third kappa shape index (κ3) is 5.14. The molecule has 1 fully saturated rings. The molecule has 2 aliphatic heterocycles. The number of para-hydroxylation sites is 2. The van der Waals surface area contributed by atoms with Crippen molar-refractivity contribution in [1.29, 1.82) is 0 Å². The number of nitrogens with zero attached hydrogens (tertiary/aromatic N) is 4. The maximum absolute atomic E-state index is 13.1. The van der Waals surface area contributed by atoms with Crippen molar-refractivity contribution < 1.29 is 19.2 Å². The number of hydrogen-bond donors (Lipinski definition) is 1. The van der Waals surface area contributed by atoms with Gasteiger partial charge < -0.3 is 19.7 Å². The van der Waals surface area contributed by atoms with Crippen molar-refractivity contribution in [2.24, 2.45) is 0 Å². The molecule has 1 saturated heterocycles. The van der Waals surface area contributed by atoms with Gasteiger partial charge in [-0.15, -0.1) is 0 Å². The van der Waals surface area contributed by atoms with Gasteiger partial charge in [0, 0.05) is 63.0 Å². The predicted octanol–water partition coefficient (Wildman–Crippen LogP) is 4.60. The lowest BCUT2D eigenvalue weighted by Gasteiger charge is -2.37. The fraction of sp³-hybridized carbons (Fsp3) is 0.379.